The van der Waals surface area contributed by atoms with Crippen LogP contribution in [-0.2, 0) is 4.79 Å². The van der Waals surface area contributed by atoms with Crippen molar-refractivity contribution in [1.82, 2.24) is 19.5 Å². The van der Waals surface area contributed by atoms with Gasteiger partial charge in [-0.05, 0) is 56.2 Å². The number of hydrogen-bond donors (Lipinski definition) is 0. The Balaban J connectivity index is 1.63. The van der Waals surface area contributed by atoms with Crippen molar-refractivity contribution in [3.63, 3.8) is 0 Å². The number of fused-ring (bicyclic) bond motifs is 3. The summed E-state index contributed by atoms with van der Waals surface area (Å²) in [6.45, 7) is 5.07. The number of piperidine rings is 1. The number of thioether (sulfide) groups is 1. The van der Waals surface area contributed by atoms with Gasteiger partial charge in [-0.2, -0.15) is 0 Å². The molecule has 130 valence electrons. The topological polar surface area (TPSA) is 50.5 Å². The number of carbonyl (C=O) groups is 1. The van der Waals surface area contributed by atoms with Crippen molar-refractivity contribution in [2.75, 3.05) is 12.3 Å². The minimum atomic E-state index is 0.200. The highest BCUT2D eigenvalue weighted by atomic mass is 32.2. The van der Waals surface area contributed by atoms with Crippen molar-refractivity contribution in [3.05, 3.63) is 35.9 Å². The van der Waals surface area contributed by atoms with Crippen LogP contribution in [0.25, 0.3) is 16.6 Å². The molecule has 1 aliphatic heterocycles. The van der Waals surface area contributed by atoms with Gasteiger partial charge in [-0.3, -0.25) is 9.20 Å². The lowest BCUT2D eigenvalue weighted by Gasteiger charge is -2.33. The second-order valence-electron chi connectivity index (χ2n) is 6.75. The number of rotatable bonds is 3. The van der Waals surface area contributed by atoms with Crippen LogP contribution in [0.5, 0.6) is 0 Å². The Morgan fingerprint density at radius 1 is 1.28 bits per heavy atom. The third kappa shape index (κ3) is 2.99. The zero-order chi connectivity index (χ0) is 17.4. The number of likely N-dealkylation sites (tertiary alicyclic amines) is 1. The number of hydrogen-bond acceptors (Lipinski definition) is 4. The van der Waals surface area contributed by atoms with Crippen LogP contribution in [0, 0.1) is 6.92 Å². The number of aromatic nitrogens is 3. The molecule has 6 heteroatoms. The van der Waals surface area contributed by atoms with Crippen LogP contribution in [0.1, 0.15) is 31.7 Å². The predicted molar refractivity (Wildman–Crippen MR) is 101 cm³/mol. The number of para-hydroxylation sites is 1. The number of nitrogens with zero attached hydrogens (tertiary/aromatic N) is 4. The third-order valence-electron chi connectivity index (χ3n) is 4.98. The first-order chi connectivity index (χ1) is 12.1. The molecule has 0 radical (unpaired) electrons. The van der Waals surface area contributed by atoms with Crippen LogP contribution in [0.4, 0.5) is 0 Å². The molecule has 0 spiro atoms. The fraction of sp³-hybridized carbons (Fsp3) is 0.421. The standard InChI is InChI=1S/C19H22N4OS/c1-13-11-15-8-3-4-9-16(15)23-18(13)20-21-19(23)25-12-17(24)22-10-6-5-7-14(22)2/h3-4,8-9,11,14H,5-7,10,12H2,1-2H3/t14-/m0/s1. The van der Waals surface area contributed by atoms with Crippen LogP contribution in [0.15, 0.2) is 35.5 Å². The Kier molecular flexibility index (Phi) is 4.37. The van der Waals surface area contributed by atoms with Gasteiger partial charge < -0.3 is 4.90 Å². The molecule has 0 aliphatic carbocycles. The molecule has 0 N–H and O–H groups in total. The summed E-state index contributed by atoms with van der Waals surface area (Å²) in [6, 6.07) is 10.7. The molecule has 3 aromatic rings. The zero-order valence-corrected chi connectivity index (χ0v) is 15.4. The monoisotopic (exact) mass is 354 g/mol. The van der Waals surface area contributed by atoms with Gasteiger partial charge in [0.05, 0.1) is 11.3 Å². The van der Waals surface area contributed by atoms with Gasteiger partial charge in [-0.1, -0.05) is 30.0 Å². The van der Waals surface area contributed by atoms with Gasteiger partial charge in [-0.25, -0.2) is 0 Å². The van der Waals surface area contributed by atoms with E-state index in [1.54, 1.807) is 0 Å². The predicted octanol–water partition coefficient (Wildman–Crippen LogP) is 3.68. The lowest BCUT2D eigenvalue weighted by atomic mass is 10.0. The lowest BCUT2D eigenvalue weighted by molar-refractivity contribution is -0.131. The summed E-state index contributed by atoms with van der Waals surface area (Å²) in [5.74, 6) is 0.610. The second kappa shape index (κ2) is 6.67. The van der Waals surface area contributed by atoms with Crippen molar-refractivity contribution >= 4 is 34.2 Å². The van der Waals surface area contributed by atoms with Crippen LogP contribution in [-0.4, -0.2) is 43.7 Å². The molecule has 0 unspecified atom stereocenters. The molecule has 0 saturated carbocycles. The average molecular weight is 354 g/mol. The molecule has 1 aliphatic rings. The second-order valence-corrected chi connectivity index (χ2v) is 7.69. The number of aryl methyl sites for hydroxylation is 1. The Hall–Kier alpha value is -2.08. The number of amides is 1. The number of pyridine rings is 1. The molecular weight excluding hydrogens is 332 g/mol. The van der Waals surface area contributed by atoms with Gasteiger partial charge in [0.1, 0.15) is 0 Å². The number of benzene rings is 1. The molecule has 2 aromatic heterocycles. The van der Waals surface area contributed by atoms with E-state index in [4.69, 9.17) is 0 Å². The van der Waals surface area contributed by atoms with Gasteiger partial charge in [0, 0.05) is 12.6 Å². The van der Waals surface area contributed by atoms with Crippen LogP contribution in [0.3, 0.4) is 0 Å². The van der Waals surface area contributed by atoms with Crippen molar-refractivity contribution in [2.24, 2.45) is 0 Å². The minimum absolute atomic E-state index is 0.200. The van der Waals surface area contributed by atoms with Gasteiger partial charge in [0.25, 0.3) is 0 Å². The molecule has 4 rings (SSSR count). The smallest absolute Gasteiger partial charge is 0.233 e. The van der Waals surface area contributed by atoms with Crippen molar-refractivity contribution in [2.45, 2.75) is 44.3 Å². The Bertz CT molecular complexity index is 936. The SMILES string of the molecule is Cc1cc2ccccc2n2c(SCC(=O)N3CCCC[C@@H]3C)nnc12. The molecule has 5 nitrogen and oxygen atoms in total. The van der Waals surface area contributed by atoms with E-state index in [0.717, 1.165) is 46.7 Å². The summed E-state index contributed by atoms with van der Waals surface area (Å²) in [4.78, 5) is 14.6. The summed E-state index contributed by atoms with van der Waals surface area (Å²) < 4.78 is 2.07. The van der Waals surface area contributed by atoms with Crippen LogP contribution >= 0.6 is 11.8 Å². The zero-order valence-electron chi connectivity index (χ0n) is 14.6. The largest absolute Gasteiger partial charge is 0.339 e. The lowest BCUT2D eigenvalue weighted by Crippen LogP contribution is -2.42. The molecule has 1 atom stereocenters. The molecular formula is C19H22N4OS. The molecule has 25 heavy (non-hydrogen) atoms. The first kappa shape index (κ1) is 16.4. The van der Waals surface area contributed by atoms with Crippen molar-refractivity contribution in [1.29, 1.82) is 0 Å². The average Bonchev–Trinajstić information content (AvgIpc) is 3.05. The highest BCUT2D eigenvalue weighted by Crippen LogP contribution is 2.26. The quantitative estimate of drug-likeness (QED) is 0.673. The van der Waals surface area contributed by atoms with E-state index in [1.165, 1.54) is 18.2 Å². The highest BCUT2D eigenvalue weighted by Gasteiger charge is 2.23. The fourth-order valence-corrected chi connectivity index (χ4v) is 4.46. The van der Waals surface area contributed by atoms with Gasteiger partial charge in [-0.15, -0.1) is 10.2 Å². The van der Waals surface area contributed by atoms with Gasteiger partial charge in [0.2, 0.25) is 5.91 Å². The van der Waals surface area contributed by atoms with Gasteiger partial charge >= 0.3 is 0 Å². The first-order valence-corrected chi connectivity index (χ1v) is 9.79. The molecule has 3 heterocycles. The maximum absolute atomic E-state index is 12.6. The first-order valence-electron chi connectivity index (χ1n) is 8.81. The van der Waals surface area contributed by atoms with Crippen molar-refractivity contribution < 1.29 is 4.79 Å². The number of carbonyl (C=O) groups excluding carboxylic acids is 1. The van der Waals surface area contributed by atoms with E-state index in [2.05, 4.69) is 39.7 Å². The molecule has 0 bridgehead atoms. The molecule has 1 saturated heterocycles. The highest BCUT2D eigenvalue weighted by molar-refractivity contribution is 7.99. The Morgan fingerprint density at radius 3 is 2.96 bits per heavy atom. The van der Waals surface area contributed by atoms with E-state index in [1.807, 2.05) is 24.0 Å². The summed E-state index contributed by atoms with van der Waals surface area (Å²) in [6.07, 6.45) is 3.44. The van der Waals surface area contributed by atoms with Crippen LogP contribution in [0.2, 0.25) is 0 Å². The minimum Gasteiger partial charge on any atom is -0.339 e. The fourth-order valence-electron chi connectivity index (χ4n) is 3.62. The van der Waals surface area contributed by atoms with Crippen molar-refractivity contribution in [3.8, 4) is 0 Å². The summed E-state index contributed by atoms with van der Waals surface area (Å²) in [5.41, 5.74) is 3.03. The Labute approximate surface area is 151 Å². The van der Waals surface area contributed by atoms with Crippen LogP contribution < -0.4 is 0 Å². The molecule has 1 amide bonds. The van der Waals surface area contributed by atoms with E-state index in [-0.39, 0.29) is 5.91 Å². The Morgan fingerprint density at radius 2 is 2.12 bits per heavy atom. The maximum atomic E-state index is 12.6. The summed E-state index contributed by atoms with van der Waals surface area (Å²) in [5, 5.41) is 10.6. The molecule has 1 aromatic carbocycles. The summed E-state index contributed by atoms with van der Waals surface area (Å²) in [7, 11) is 0. The van der Waals surface area contributed by atoms with E-state index >= 15 is 0 Å². The normalized spacial score (nSPS) is 18.2. The van der Waals surface area contributed by atoms with Gasteiger partial charge in [0.15, 0.2) is 10.8 Å². The maximum Gasteiger partial charge on any atom is 0.233 e. The molecule has 1 fully saturated rings. The van der Waals surface area contributed by atoms with E-state index in [0.29, 0.717) is 11.8 Å². The van der Waals surface area contributed by atoms with E-state index < -0.39 is 0 Å². The van der Waals surface area contributed by atoms with E-state index in [9.17, 15) is 4.79 Å². The third-order valence-corrected chi connectivity index (χ3v) is 5.90. The summed E-state index contributed by atoms with van der Waals surface area (Å²) >= 11 is 1.48.